The maximum absolute atomic E-state index is 13.2. The largest absolute Gasteiger partial charge is 0.493 e. The van der Waals surface area contributed by atoms with Crippen molar-refractivity contribution < 1.29 is 23.0 Å². The van der Waals surface area contributed by atoms with E-state index in [1.54, 1.807) is 18.2 Å². The molecule has 7 heteroatoms. The zero-order valence-corrected chi connectivity index (χ0v) is 13.0. The lowest BCUT2D eigenvalue weighted by Gasteiger charge is -2.17. The van der Waals surface area contributed by atoms with E-state index >= 15 is 0 Å². The number of halogens is 2. The molecule has 5 nitrogen and oxygen atoms in total. The third kappa shape index (κ3) is 3.43. The molecule has 0 aromatic heterocycles. The van der Waals surface area contributed by atoms with Crippen LogP contribution in [0, 0.1) is 23.0 Å². The minimum absolute atomic E-state index is 0.101. The van der Waals surface area contributed by atoms with Gasteiger partial charge in [-0.3, -0.25) is 4.79 Å². The summed E-state index contributed by atoms with van der Waals surface area (Å²) in [5, 5.41) is 11.8. The Hall–Kier alpha value is -3.14. The first kappa shape index (κ1) is 17.2. The first-order chi connectivity index (χ1) is 11.5. The van der Waals surface area contributed by atoms with Crippen LogP contribution in [0.4, 0.5) is 8.78 Å². The van der Waals surface area contributed by atoms with E-state index < -0.39 is 23.6 Å². The summed E-state index contributed by atoms with van der Waals surface area (Å²) < 4.78 is 36.6. The van der Waals surface area contributed by atoms with E-state index in [0.717, 1.165) is 18.2 Å². The van der Waals surface area contributed by atoms with Crippen molar-refractivity contribution >= 4 is 5.91 Å². The molecule has 0 aliphatic heterocycles. The minimum atomic E-state index is -1.14. The molecule has 0 spiro atoms. The van der Waals surface area contributed by atoms with Gasteiger partial charge in [-0.2, -0.15) is 5.26 Å². The molecule has 0 bridgehead atoms. The SMILES string of the molecule is COc1cccc([C@H](C#N)NC(=O)c2ccc(F)c(F)c2)c1OC. The van der Waals surface area contributed by atoms with Gasteiger partial charge in [0.15, 0.2) is 23.1 Å². The predicted molar refractivity (Wildman–Crippen MR) is 81.7 cm³/mol. The van der Waals surface area contributed by atoms with Gasteiger partial charge in [-0.15, -0.1) is 0 Å². The third-order valence-electron chi connectivity index (χ3n) is 3.33. The molecule has 2 aromatic carbocycles. The van der Waals surface area contributed by atoms with Crippen LogP contribution >= 0.6 is 0 Å². The molecule has 1 amide bonds. The fourth-order valence-corrected chi connectivity index (χ4v) is 2.17. The van der Waals surface area contributed by atoms with Crippen LogP contribution in [0.15, 0.2) is 36.4 Å². The van der Waals surface area contributed by atoms with Crippen molar-refractivity contribution in [3.8, 4) is 17.6 Å². The molecule has 0 saturated heterocycles. The number of para-hydroxylation sites is 1. The number of nitrogens with one attached hydrogen (secondary N) is 1. The Balaban J connectivity index is 2.31. The summed E-state index contributed by atoms with van der Waals surface area (Å²) in [6.07, 6.45) is 0. The Morgan fingerprint density at radius 1 is 1.17 bits per heavy atom. The van der Waals surface area contributed by atoms with E-state index in [4.69, 9.17) is 9.47 Å². The quantitative estimate of drug-likeness (QED) is 0.914. The molecule has 24 heavy (non-hydrogen) atoms. The summed E-state index contributed by atoms with van der Waals surface area (Å²) in [6.45, 7) is 0. The topological polar surface area (TPSA) is 71.3 Å². The summed E-state index contributed by atoms with van der Waals surface area (Å²) in [5.41, 5.74) is 0.284. The smallest absolute Gasteiger partial charge is 0.252 e. The zero-order valence-electron chi connectivity index (χ0n) is 13.0. The standard InChI is InChI=1S/C17H14F2N2O3/c1-23-15-5-3-4-11(16(15)24-2)14(9-20)21-17(22)10-6-7-12(18)13(19)8-10/h3-8,14H,1-2H3,(H,21,22)/t14-/m0/s1. The minimum Gasteiger partial charge on any atom is -0.493 e. The van der Waals surface area contributed by atoms with Crippen molar-refractivity contribution in [2.45, 2.75) is 6.04 Å². The van der Waals surface area contributed by atoms with Gasteiger partial charge in [0, 0.05) is 11.1 Å². The van der Waals surface area contributed by atoms with Crippen LogP contribution in [0.3, 0.4) is 0 Å². The van der Waals surface area contributed by atoms with Gasteiger partial charge < -0.3 is 14.8 Å². The molecule has 0 saturated carbocycles. The number of hydrogen-bond donors (Lipinski definition) is 1. The Kier molecular flexibility index (Phi) is 5.32. The van der Waals surface area contributed by atoms with Crippen molar-refractivity contribution in [3.63, 3.8) is 0 Å². The molecule has 0 fully saturated rings. The van der Waals surface area contributed by atoms with Gasteiger partial charge in [-0.05, 0) is 24.3 Å². The zero-order chi connectivity index (χ0) is 17.7. The van der Waals surface area contributed by atoms with E-state index in [9.17, 15) is 18.8 Å². The van der Waals surface area contributed by atoms with Gasteiger partial charge in [0.25, 0.3) is 5.91 Å². The highest BCUT2D eigenvalue weighted by atomic mass is 19.2. The van der Waals surface area contributed by atoms with E-state index in [2.05, 4.69) is 5.32 Å². The Morgan fingerprint density at radius 2 is 1.92 bits per heavy atom. The number of amides is 1. The molecule has 0 aliphatic carbocycles. The van der Waals surface area contributed by atoms with Crippen molar-refractivity contribution in [1.29, 1.82) is 5.26 Å². The van der Waals surface area contributed by atoms with Crippen molar-refractivity contribution in [2.24, 2.45) is 0 Å². The Morgan fingerprint density at radius 3 is 2.50 bits per heavy atom. The molecule has 2 rings (SSSR count). The molecule has 2 aromatic rings. The Labute approximate surface area is 137 Å². The number of rotatable bonds is 5. The maximum Gasteiger partial charge on any atom is 0.252 e. The lowest BCUT2D eigenvalue weighted by atomic mass is 10.1. The lowest BCUT2D eigenvalue weighted by Crippen LogP contribution is -2.28. The van der Waals surface area contributed by atoms with Gasteiger partial charge in [0.1, 0.15) is 6.04 Å². The van der Waals surface area contributed by atoms with Crippen LogP contribution in [0.5, 0.6) is 11.5 Å². The molecular formula is C17H14F2N2O3. The Bertz CT molecular complexity index is 803. The van der Waals surface area contributed by atoms with Gasteiger partial charge >= 0.3 is 0 Å². The van der Waals surface area contributed by atoms with Crippen molar-refractivity contribution in [3.05, 3.63) is 59.2 Å². The van der Waals surface area contributed by atoms with Crippen molar-refractivity contribution in [1.82, 2.24) is 5.32 Å². The first-order valence-corrected chi connectivity index (χ1v) is 6.88. The lowest BCUT2D eigenvalue weighted by molar-refractivity contribution is 0.0944. The number of nitrogens with zero attached hydrogens (tertiary/aromatic N) is 1. The average molecular weight is 332 g/mol. The highest BCUT2D eigenvalue weighted by Gasteiger charge is 2.21. The van der Waals surface area contributed by atoms with Crippen LogP contribution in [-0.2, 0) is 0 Å². The van der Waals surface area contributed by atoms with Crippen molar-refractivity contribution in [2.75, 3.05) is 14.2 Å². The van der Waals surface area contributed by atoms with E-state index in [1.807, 2.05) is 6.07 Å². The number of benzene rings is 2. The number of ether oxygens (including phenoxy) is 2. The first-order valence-electron chi connectivity index (χ1n) is 6.88. The fraction of sp³-hybridized carbons (Fsp3) is 0.176. The second-order valence-corrected chi connectivity index (χ2v) is 4.75. The second kappa shape index (κ2) is 7.42. The van der Waals surface area contributed by atoms with E-state index in [1.165, 1.54) is 14.2 Å². The molecular weight excluding hydrogens is 318 g/mol. The highest BCUT2D eigenvalue weighted by Crippen LogP contribution is 2.34. The maximum atomic E-state index is 13.2. The molecule has 0 heterocycles. The number of methoxy groups -OCH3 is 2. The normalized spacial score (nSPS) is 11.3. The number of nitriles is 1. The summed E-state index contributed by atoms with van der Waals surface area (Å²) in [4.78, 5) is 12.2. The molecule has 0 aliphatic rings. The molecule has 0 unspecified atom stereocenters. The number of carbonyl (C=O) groups is 1. The van der Waals surface area contributed by atoms with Gasteiger partial charge in [-0.1, -0.05) is 12.1 Å². The van der Waals surface area contributed by atoms with Crippen LogP contribution in [-0.4, -0.2) is 20.1 Å². The molecule has 0 radical (unpaired) electrons. The number of carbonyl (C=O) groups excluding carboxylic acids is 1. The van der Waals surface area contributed by atoms with Crippen LogP contribution < -0.4 is 14.8 Å². The van der Waals surface area contributed by atoms with E-state index in [-0.39, 0.29) is 5.56 Å². The summed E-state index contributed by atoms with van der Waals surface area (Å²) in [5.74, 6) is -2.22. The van der Waals surface area contributed by atoms with Gasteiger partial charge in [-0.25, -0.2) is 8.78 Å². The van der Waals surface area contributed by atoms with Gasteiger partial charge in [0.05, 0.1) is 20.3 Å². The van der Waals surface area contributed by atoms with Crippen LogP contribution in [0.25, 0.3) is 0 Å². The third-order valence-corrected chi connectivity index (χ3v) is 3.33. The van der Waals surface area contributed by atoms with Gasteiger partial charge in [0.2, 0.25) is 0 Å². The average Bonchev–Trinajstić information content (AvgIpc) is 2.60. The summed E-state index contributed by atoms with van der Waals surface area (Å²) in [6, 6.07) is 8.51. The highest BCUT2D eigenvalue weighted by molar-refractivity contribution is 5.94. The summed E-state index contributed by atoms with van der Waals surface area (Å²) >= 11 is 0. The second-order valence-electron chi connectivity index (χ2n) is 4.75. The fourth-order valence-electron chi connectivity index (χ4n) is 2.17. The number of hydrogen-bond acceptors (Lipinski definition) is 4. The van der Waals surface area contributed by atoms with Crippen LogP contribution in [0.2, 0.25) is 0 Å². The van der Waals surface area contributed by atoms with Crippen LogP contribution in [0.1, 0.15) is 22.0 Å². The molecule has 1 atom stereocenters. The monoisotopic (exact) mass is 332 g/mol. The van der Waals surface area contributed by atoms with E-state index in [0.29, 0.717) is 17.1 Å². The molecule has 124 valence electrons. The summed E-state index contributed by atoms with van der Waals surface area (Å²) in [7, 11) is 2.86. The predicted octanol–water partition coefficient (Wildman–Crippen LogP) is 2.98. The molecule has 1 N–H and O–H groups in total.